The minimum Gasteiger partial charge on any atom is -0.342 e. The van der Waals surface area contributed by atoms with Gasteiger partial charge in [-0.15, -0.1) is 0 Å². The summed E-state index contributed by atoms with van der Waals surface area (Å²) in [6.45, 7) is 3.58. The van der Waals surface area contributed by atoms with E-state index in [4.69, 9.17) is 10.7 Å². The van der Waals surface area contributed by atoms with Crippen molar-refractivity contribution in [1.29, 1.82) is 0 Å². The van der Waals surface area contributed by atoms with Crippen LogP contribution in [0.15, 0.2) is 36.7 Å². The number of imidazole rings is 1. The van der Waals surface area contributed by atoms with Crippen LogP contribution in [0.3, 0.4) is 0 Å². The smallest absolute Gasteiger partial charge is 0.342 e. The van der Waals surface area contributed by atoms with Crippen molar-refractivity contribution in [3.8, 4) is 11.1 Å². The second-order valence-electron chi connectivity index (χ2n) is 8.92. The fourth-order valence-electron chi connectivity index (χ4n) is 5.42. The summed E-state index contributed by atoms with van der Waals surface area (Å²) in [6, 6.07) is 5.64. The van der Waals surface area contributed by atoms with Gasteiger partial charge in [-0.25, -0.2) is 9.97 Å². The van der Waals surface area contributed by atoms with Gasteiger partial charge in [0, 0.05) is 37.1 Å². The number of hydrogen-bond acceptors (Lipinski definition) is 4. The molecule has 0 bridgehead atoms. The zero-order valence-electron chi connectivity index (χ0n) is 17.5. The van der Waals surface area contributed by atoms with Crippen molar-refractivity contribution in [1.82, 2.24) is 14.4 Å². The first-order valence-electron chi connectivity index (χ1n) is 10.8. The molecule has 2 aliphatic rings. The lowest BCUT2D eigenvalue weighted by molar-refractivity contribution is -0.137. The molecule has 0 amide bonds. The number of halogens is 3. The maximum absolute atomic E-state index is 13.2. The molecule has 3 heterocycles. The van der Waals surface area contributed by atoms with Gasteiger partial charge in [-0.1, -0.05) is 18.6 Å². The Hall–Kier alpha value is -2.61. The van der Waals surface area contributed by atoms with Crippen molar-refractivity contribution >= 4 is 11.6 Å². The van der Waals surface area contributed by atoms with E-state index in [-0.39, 0.29) is 11.5 Å². The molecular formula is C23H26F3N5. The molecule has 1 aliphatic heterocycles. The van der Waals surface area contributed by atoms with Crippen LogP contribution in [-0.2, 0) is 6.18 Å². The van der Waals surface area contributed by atoms with Crippen molar-refractivity contribution in [2.45, 2.75) is 51.2 Å². The largest absolute Gasteiger partial charge is 0.416 e. The minimum atomic E-state index is -4.39. The van der Waals surface area contributed by atoms with Gasteiger partial charge in [0.05, 0.1) is 11.3 Å². The lowest BCUT2D eigenvalue weighted by Crippen LogP contribution is -2.47. The molecule has 2 N–H and O–H groups in total. The van der Waals surface area contributed by atoms with Gasteiger partial charge in [0.1, 0.15) is 5.65 Å². The van der Waals surface area contributed by atoms with E-state index < -0.39 is 11.7 Å². The van der Waals surface area contributed by atoms with Gasteiger partial charge in [0.2, 0.25) is 5.95 Å². The molecule has 164 valence electrons. The minimum absolute atomic E-state index is 0.248. The number of benzene rings is 1. The van der Waals surface area contributed by atoms with E-state index in [0.717, 1.165) is 44.4 Å². The first kappa shape index (κ1) is 20.3. The highest BCUT2D eigenvalue weighted by Gasteiger charge is 2.43. The van der Waals surface area contributed by atoms with Gasteiger partial charge in [-0.3, -0.25) is 4.40 Å². The lowest BCUT2D eigenvalue weighted by atomic mass is 9.74. The van der Waals surface area contributed by atoms with Crippen molar-refractivity contribution in [3.05, 3.63) is 47.9 Å². The molecule has 3 aromatic rings. The number of nitrogens with zero attached hydrogens (tertiary/aromatic N) is 4. The number of rotatable bonds is 2. The summed E-state index contributed by atoms with van der Waals surface area (Å²) in [4.78, 5) is 11.6. The van der Waals surface area contributed by atoms with E-state index in [2.05, 4.69) is 9.88 Å². The highest BCUT2D eigenvalue weighted by Crippen LogP contribution is 2.46. The highest BCUT2D eigenvalue weighted by atomic mass is 19.4. The van der Waals surface area contributed by atoms with Crippen LogP contribution >= 0.6 is 0 Å². The molecule has 0 unspecified atom stereocenters. The second-order valence-corrected chi connectivity index (χ2v) is 8.92. The predicted octanol–water partition coefficient (Wildman–Crippen LogP) is 4.82. The number of hydrogen-bond donors (Lipinski definition) is 1. The number of aromatic nitrogens is 3. The highest BCUT2D eigenvalue weighted by molar-refractivity contribution is 5.81. The number of nitrogens with two attached hydrogens (primary N) is 1. The van der Waals surface area contributed by atoms with E-state index in [1.165, 1.54) is 25.0 Å². The molecule has 1 saturated carbocycles. The maximum Gasteiger partial charge on any atom is 0.416 e. The fourth-order valence-corrected chi connectivity index (χ4v) is 5.42. The van der Waals surface area contributed by atoms with Crippen LogP contribution in [0.4, 0.5) is 19.1 Å². The number of alkyl halides is 3. The molecule has 2 fully saturated rings. The third-order valence-electron chi connectivity index (χ3n) is 7.21. The van der Waals surface area contributed by atoms with E-state index in [0.29, 0.717) is 22.5 Å². The standard InChI is InChI=1S/C23H26F3N5/c1-15-19(16-4-2-5-17(14-16)23(24,25)26)20-28-10-13-31(20)21(29-15)30-11-8-22(9-12-30)7-3-6-18(22)27/h2,4-5,10,13-14,18H,3,6-9,11-12,27H2,1H3/t18-/m1/s1. The van der Waals surface area contributed by atoms with Gasteiger partial charge in [-0.05, 0) is 55.7 Å². The number of aryl methyl sites for hydroxylation is 1. The normalized spacial score (nSPS) is 21.3. The molecule has 5 rings (SSSR count). The average Bonchev–Trinajstić information content (AvgIpc) is 3.35. The summed E-state index contributed by atoms with van der Waals surface area (Å²) in [6.07, 6.45) is 4.71. The van der Waals surface area contributed by atoms with Crippen molar-refractivity contribution < 1.29 is 13.2 Å². The zero-order valence-corrected chi connectivity index (χ0v) is 17.5. The molecule has 0 radical (unpaired) electrons. The van der Waals surface area contributed by atoms with Crippen LogP contribution in [0.1, 0.15) is 43.4 Å². The summed E-state index contributed by atoms with van der Waals surface area (Å²) >= 11 is 0. The Morgan fingerprint density at radius 1 is 1.16 bits per heavy atom. The quantitative estimate of drug-likeness (QED) is 0.635. The molecule has 1 aromatic carbocycles. The van der Waals surface area contributed by atoms with Crippen LogP contribution in [0.5, 0.6) is 0 Å². The summed E-state index contributed by atoms with van der Waals surface area (Å²) in [5.74, 6) is 0.794. The Balaban J connectivity index is 1.52. The van der Waals surface area contributed by atoms with Gasteiger partial charge < -0.3 is 10.6 Å². The third-order valence-corrected chi connectivity index (χ3v) is 7.21. The Morgan fingerprint density at radius 3 is 2.61 bits per heavy atom. The van der Waals surface area contributed by atoms with Crippen LogP contribution in [-0.4, -0.2) is 33.5 Å². The molecule has 5 nitrogen and oxygen atoms in total. The first-order chi connectivity index (χ1) is 14.8. The second kappa shape index (κ2) is 7.22. The summed E-state index contributed by atoms with van der Waals surface area (Å²) in [7, 11) is 0. The van der Waals surface area contributed by atoms with Gasteiger partial charge in [-0.2, -0.15) is 13.2 Å². The Morgan fingerprint density at radius 2 is 1.94 bits per heavy atom. The number of anilines is 1. The van der Waals surface area contributed by atoms with Crippen LogP contribution < -0.4 is 10.6 Å². The monoisotopic (exact) mass is 429 g/mol. The van der Waals surface area contributed by atoms with E-state index in [1.54, 1.807) is 12.3 Å². The molecule has 2 aromatic heterocycles. The fraction of sp³-hybridized carbons (Fsp3) is 0.478. The lowest BCUT2D eigenvalue weighted by Gasteiger charge is -2.42. The molecule has 8 heteroatoms. The zero-order chi connectivity index (χ0) is 21.8. The Labute approximate surface area is 179 Å². The molecular weight excluding hydrogens is 403 g/mol. The predicted molar refractivity (Wildman–Crippen MR) is 114 cm³/mol. The van der Waals surface area contributed by atoms with E-state index in [9.17, 15) is 13.2 Å². The van der Waals surface area contributed by atoms with Gasteiger partial charge >= 0.3 is 6.18 Å². The SMILES string of the molecule is Cc1nc(N2CCC3(CCC[C@H]3N)CC2)n2ccnc2c1-c1cccc(C(F)(F)F)c1. The van der Waals surface area contributed by atoms with Gasteiger partial charge in [0.15, 0.2) is 0 Å². The van der Waals surface area contributed by atoms with Crippen LogP contribution in [0.25, 0.3) is 16.8 Å². The number of fused-ring (bicyclic) bond motifs is 1. The van der Waals surface area contributed by atoms with Crippen molar-refractivity contribution in [2.75, 3.05) is 18.0 Å². The number of piperidine rings is 1. The topological polar surface area (TPSA) is 59.5 Å². The molecule has 31 heavy (non-hydrogen) atoms. The average molecular weight is 429 g/mol. The van der Waals surface area contributed by atoms with E-state index in [1.807, 2.05) is 17.5 Å². The Bertz CT molecular complexity index is 1110. The molecule has 1 aliphatic carbocycles. The van der Waals surface area contributed by atoms with Gasteiger partial charge in [0.25, 0.3) is 0 Å². The third kappa shape index (κ3) is 3.37. The maximum atomic E-state index is 13.2. The van der Waals surface area contributed by atoms with E-state index >= 15 is 0 Å². The van der Waals surface area contributed by atoms with Crippen LogP contribution in [0.2, 0.25) is 0 Å². The van der Waals surface area contributed by atoms with Crippen molar-refractivity contribution in [2.24, 2.45) is 11.1 Å². The summed E-state index contributed by atoms with van der Waals surface area (Å²) < 4.78 is 41.6. The summed E-state index contributed by atoms with van der Waals surface area (Å²) in [5.41, 5.74) is 8.40. The van der Waals surface area contributed by atoms with Crippen LogP contribution in [0, 0.1) is 12.3 Å². The Kier molecular flexibility index (Phi) is 4.73. The molecule has 1 spiro atoms. The molecule has 1 atom stereocenters. The summed E-state index contributed by atoms with van der Waals surface area (Å²) in [5, 5.41) is 0. The molecule has 1 saturated heterocycles. The first-order valence-corrected chi connectivity index (χ1v) is 10.8. The van der Waals surface area contributed by atoms with Crippen molar-refractivity contribution in [3.63, 3.8) is 0 Å².